The maximum Gasteiger partial charge on any atom is 0.455 e. The second-order valence-corrected chi connectivity index (χ2v) is 2.46. The predicted octanol–water partition coefficient (Wildman–Crippen LogP) is 0.412. The van der Waals surface area contributed by atoms with Crippen molar-refractivity contribution in [3.05, 3.63) is 0 Å². The molecule has 2 nitrogen and oxygen atoms in total. The van der Waals surface area contributed by atoms with Crippen LogP contribution in [0.15, 0.2) is 0 Å². The summed E-state index contributed by atoms with van der Waals surface area (Å²) in [7, 11) is -1.81. The van der Waals surface area contributed by atoms with Crippen molar-refractivity contribution in [1.82, 2.24) is 0 Å². The lowest BCUT2D eigenvalue weighted by Crippen LogP contribution is -2.18. The van der Waals surface area contributed by atoms with E-state index in [1.807, 2.05) is 0 Å². The molecule has 6 heteroatoms. The van der Waals surface area contributed by atoms with Crippen LogP contribution in [-0.4, -0.2) is 23.3 Å². The molecule has 58 valence electrons. The van der Waals surface area contributed by atoms with Gasteiger partial charge in [-0.25, -0.2) is 0 Å². The zero-order chi connectivity index (χ0) is 7.94. The lowest BCUT2D eigenvalue weighted by molar-refractivity contribution is -0.147. The fourth-order valence-electron chi connectivity index (χ4n) is 0.921. The first-order valence-corrected chi connectivity index (χ1v) is 2.86. The molecule has 2 atom stereocenters. The van der Waals surface area contributed by atoms with Crippen LogP contribution in [0.5, 0.6) is 0 Å². The Kier molecular flexibility index (Phi) is 1.68. The Morgan fingerprint density at radius 1 is 1.30 bits per heavy atom. The molecule has 0 aromatic rings. The van der Waals surface area contributed by atoms with E-state index in [1.165, 1.54) is 0 Å². The van der Waals surface area contributed by atoms with Crippen molar-refractivity contribution in [1.29, 1.82) is 0 Å². The molecule has 0 aliphatic heterocycles. The standard InChI is InChI=1S/C4H6BF3O2/c6-4(7,8)2-1-3(2)5(9)10/h2-3,9-10H,1H2/t2-,3-/m0/s1. The SMILES string of the molecule is OB(O)[C@H]1C[C@@H]1C(F)(F)F. The Morgan fingerprint density at radius 3 is 1.90 bits per heavy atom. The maximum atomic E-state index is 11.6. The van der Waals surface area contributed by atoms with E-state index in [4.69, 9.17) is 10.0 Å². The minimum absolute atomic E-state index is 0.152. The van der Waals surface area contributed by atoms with Crippen LogP contribution in [0.25, 0.3) is 0 Å². The molecule has 0 saturated heterocycles. The van der Waals surface area contributed by atoms with Crippen LogP contribution < -0.4 is 0 Å². The van der Waals surface area contributed by atoms with Crippen molar-refractivity contribution in [2.45, 2.75) is 18.4 Å². The highest BCUT2D eigenvalue weighted by molar-refractivity contribution is 6.44. The van der Waals surface area contributed by atoms with Gasteiger partial charge in [-0.1, -0.05) is 0 Å². The molecule has 0 bridgehead atoms. The average molecular weight is 154 g/mol. The Bertz CT molecular complexity index is 135. The molecular weight excluding hydrogens is 148 g/mol. The lowest BCUT2D eigenvalue weighted by atomic mass is 9.82. The van der Waals surface area contributed by atoms with E-state index in [2.05, 4.69) is 0 Å². The first kappa shape index (κ1) is 7.88. The van der Waals surface area contributed by atoms with Gasteiger partial charge in [-0.05, 0) is 6.42 Å². The number of hydrogen-bond donors (Lipinski definition) is 2. The van der Waals surface area contributed by atoms with Gasteiger partial charge in [-0.15, -0.1) is 0 Å². The fraction of sp³-hybridized carbons (Fsp3) is 1.00. The molecule has 0 spiro atoms. The van der Waals surface area contributed by atoms with Crippen LogP contribution >= 0.6 is 0 Å². The second kappa shape index (κ2) is 2.13. The fourth-order valence-corrected chi connectivity index (χ4v) is 0.921. The second-order valence-electron chi connectivity index (χ2n) is 2.46. The number of halogens is 3. The number of rotatable bonds is 1. The molecule has 0 aromatic heterocycles. The van der Waals surface area contributed by atoms with E-state index in [0.717, 1.165) is 0 Å². The summed E-state index contributed by atoms with van der Waals surface area (Å²) in [4.78, 5) is 0. The van der Waals surface area contributed by atoms with Gasteiger partial charge >= 0.3 is 13.3 Å². The molecule has 1 aliphatic carbocycles. The molecule has 0 amide bonds. The highest BCUT2D eigenvalue weighted by Crippen LogP contribution is 2.55. The van der Waals surface area contributed by atoms with E-state index < -0.39 is 25.0 Å². The summed E-state index contributed by atoms with van der Waals surface area (Å²) in [6, 6.07) is 0. The van der Waals surface area contributed by atoms with Crippen LogP contribution in [0.4, 0.5) is 13.2 Å². The first-order chi connectivity index (χ1) is 4.43. The van der Waals surface area contributed by atoms with Crippen LogP contribution in [0, 0.1) is 5.92 Å². The van der Waals surface area contributed by atoms with Gasteiger partial charge in [0.15, 0.2) is 0 Å². The zero-order valence-corrected chi connectivity index (χ0v) is 4.97. The van der Waals surface area contributed by atoms with Gasteiger partial charge < -0.3 is 10.0 Å². The smallest absolute Gasteiger partial charge is 0.427 e. The summed E-state index contributed by atoms with van der Waals surface area (Å²) in [5, 5.41) is 16.6. The van der Waals surface area contributed by atoms with Crippen molar-refractivity contribution in [2.75, 3.05) is 0 Å². The third kappa shape index (κ3) is 1.43. The van der Waals surface area contributed by atoms with Gasteiger partial charge in [0.25, 0.3) is 0 Å². The molecule has 1 saturated carbocycles. The summed E-state index contributed by atoms with van der Waals surface area (Å²) in [5.74, 6) is -2.48. The lowest BCUT2D eigenvalue weighted by Gasteiger charge is -2.03. The first-order valence-electron chi connectivity index (χ1n) is 2.86. The maximum absolute atomic E-state index is 11.6. The molecule has 1 fully saturated rings. The molecule has 2 N–H and O–H groups in total. The minimum atomic E-state index is -4.26. The van der Waals surface area contributed by atoms with E-state index >= 15 is 0 Å². The van der Waals surface area contributed by atoms with Crippen LogP contribution in [0.3, 0.4) is 0 Å². The largest absolute Gasteiger partial charge is 0.455 e. The van der Waals surface area contributed by atoms with Crippen molar-refractivity contribution < 1.29 is 23.2 Å². The van der Waals surface area contributed by atoms with Gasteiger partial charge in [0.2, 0.25) is 0 Å². The molecular formula is C4H6BF3O2. The van der Waals surface area contributed by atoms with Crippen molar-refractivity contribution >= 4 is 7.12 Å². The molecule has 0 aromatic carbocycles. The Labute approximate surface area is 55.8 Å². The summed E-state index contributed by atoms with van der Waals surface area (Å²) in [6.45, 7) is 0. The monoisotopic (exact) mass is 154 g/mol. The van der Waals surface area contributed by atoms with E-state index in [1.54, 1.807) is 0 Å². The molecule has 0 heterocycles. The molecule has 0 radical (unpaired) electrons. The molecule has 0 unspecified atom stereocenters. The van der Waals surface area contributed by atoms with E-state index in [-0.39, 0.29) is 6.42 Å². The van der Waals surface area contributed by atoms with Crippen LogP contribution in [0.1, 0.15) is 6.42 Å². The van der Waals surface area contributed by atoms with Crippen LogP contribution in [-0.2, 0) is 0 Å². The minimum Gasteiger partial charge on any atom is -0.427 e. The van der Waals surface area contributed by atoms with Crippen molar-refractivity contribution in [3.63, 3.8) is 0 Å². The van der Waals surface area contributed by atoms with E-state index in [9.17, 15) is 13.2 Å². The predicted molar refractivity (Wildman–Crippen MR) is 28.1 cm³/mol. The van der Waals surface area contributed by atoms with Gasteiger partial charge in [-0.2, -0.15) is 13.2 Å². The molecule has 1 aliphatic rings. The summed E-state index contributed by atoms with van der Waals surface area (Å²) in [5.41, 5.74) is 0. The van der Waals surface area contributed by atoms with Crippen molar-refractivity contribution in [3.8, 4) is 0 Å². The number of alkyl halides is 3. The van der Waals surface area contributed by atoms with Gasteiger partial charge in [0, 0.05) is 5.82 Å². The molecule has 10 heavy (non-hydrogen) atoms. The Balaban J connectivity index is 2.39. The Morgan fingerprint density at radius 2 is 1.80 bits per heavy atom. The summed E-state index contributed by atoms with van der Waals surface area (Å²) >= 11 is 0. The normalized spacial score (nSPS) is 32.1. The zero-order valence-electron chi connectivity index (χ0n) is 4.97. The highest BCUT2D eigenvalue weighted by Gasteiger charge is 2.59. The van der Waals surface area contributed by atoms with E-state index in [0.29, 0.717) is 0 Å². The highest BCUT2D eigenvalue weighted by atomic mass is 19.4. The van der Waals surface area contributed by atoms with Gasteiger partial charge in [0.05, 0.1) is 5.92 Å². The Hall–Kier alpha value is -0.225. The quantitative estimate of drug-likeness (QED) is 0.537. The summed E-state index contributed by atoms with van der Waals surface area (Å²) in [6.07, 6.45) is -4.41. The van der Waals surface area contributed by atoms with Gasteiger partial charge in [-0.3, -0.25) is 0 Å². The van der Waals surface area contributed by atoms with Gasteiger partial charge in [0.1, 0.15) is 0 Å². The third-order valence-electron chi connectivity index (χ3n) is 1.64. The van der Waals surface area contributed by atoms with Crippen molar-refractivity contribution in [2.24, 2.45) is 5.92 Å². The number of hydrogen-bond acceptors (Lipinski definition) is 2. The third-order valence-corrected chi connectivity index (χ3v) is 1.64. The average Bonchev–Trinajstić information content (AvgIpc) is 2.35. The van der Waals surface area contributed by atoms with Crippen LogP contribution in [0.2, 0.25) is 5.82 Å². The summed E-state index contributed by atoms with van der Waals surface area (Å²) < 4.78 is 34.9. The topological polar surface area (TPSA) is 40.5 Å². The molecule has 1 rings (SSSR count).